The van der Waals surface area contributed by atoms with Gasteiger partial charge in [-0.15, -0.1) is 0 Å². The van der Waals surface area contributed by atoms with Crippen LogP contribution < -0.4 is 10.6 Å². The van der Waals surface area contributed by atoms with Gasteiger partial charge in [-0.2, -0.15) is 0 Å². The second-order valence-electron chi connectivity index (χ2n) is 5.34. The van der Waals surface area contributed by atoms with Crippen LogP contribution in [-0.4, -0.2) is 23.1 Å². The van der Waals surface area contributed by atoms with Gasteiger partial charge in [0.05, 0.1) is 15.7 Å². The molecule has 1 atom stereocenters. The number of halogens is 2. The zero-order valence-electron chi connectivity index (χ0n) is 11.3. The SMILES string of the molecule is CC(C)(C)[C@H](NC(=O)Nc1cccc(Cl)c1Cl)C(=O)O. The van der Waals surface area contributed by atoms with Gasteiger partial charge >= 0.3 is 12.0 Å². The molecule has 0 unspecified atom stereocenters. The number of hydrogen-bond acceptors (Lipinski definition) is 2. The lowest BCUT2D eigenvalue weighted by atomic mass is 9.87. The molecule has 1 aromatic carbocycles. The summed E-state index contributed by atoms with van der Waals surface area (Å²) in [7, 11) is 0. The normalized spacial score (nSPS) is 12.7. The predicted octanol–water partition coefficient (Wildman–Crippen LogP) is 3.61. The molecule has 2 amide bonds. The van der Waals surface area contributed by atoms with Crippen molar-refractivity contribution in [2.75, 3.05) is 5.32 Å². The second-order valence-corrected chi connectivity index (χ2v) is 6.12. The van der Waals surface area contributed by atoms with E-state index in [0.29, 0.717) is 10.7 Å². The molecule has 1 rings (SSSR count). The molecular formula is C13H16Cl2N2O3. The molecule has 0 fully saturated rings. The highest BCUT2D eigenvalue weighted by atomic mass is 35.5. The van der Waals surface area contributed by atoms with Crippen LogP contribution in [0.25, 0.3) is 0 Å². The molecule has 0 aliphatic carbocycles. The summed E-state index contributed by atoms with van der Waals surface area (Å²) < 4.78 is 0. The fourth-order valence-electron chi connectivity index (χ4n) is 1.54. The molecule has 5 nitrogen and oxygen atoms in total. The Labute approximate surface area is 127 Å². The third-order valence-electron chi connectivity index (χ3n) is 2.59. The van der Waals surface area contributed by atoms with Crippen molar-refractivity contribution in [1.82, 2.24) is 5.32 Å². The quantitative estimate of drug-likeness (QED) is 0.796. The van der Waals surface area contributed by atoms with Gasteiger partial charge in [0.1, 0.15) is 6.04 Å². The van der Waals surface area contributed by atoms with Gasteiger partial charge < -0.3 is 15.7 Å². The molecule has 0 heterocycles. The molecule has 0 aromatic heterocycles. The van der Waals surface area contributed by atoms with Crippen LogP contribution in [0.4, 0.5) is 10.5 Å². The Morgan fingerprint density at radius 2 is 1.85 bits per heavy atom. The van der Waals surface area contributed by atoms with Crippen molar-refractivity contribution in [1.29, 1.82) is 0 Å². The summed E-state index contributed by atoms with van der Waals surface area (Å²) >= 11 is 11.8. The Morgan fingerprint density at radius 3 is 2.35 bits per heavy atom. The summed E-state index contributed by atoms with van der Waals surface area (Å²) in [4.78, 5) is 23.0. The minimum atomic E-state index is -1.11. The number of nitrogens with one attached hydrogen (secondary N) is 2. The highest BCUT2D eigenvalue weighted by Crippen LogP contribution is 2.29. The number of carbonyl (C=O) groups excluding carboxylic acids is 1. The Morgan fingerprint density at radius 1 is 1.25 bits per heavy atom. The minimum absolute atomic E-state index is 0.201. The fourth-order valence-corrected chi connectivity index (χ4v) is 1.89. The van der Waals surface area contributed by atoms with Crippen molar-refractivity contribution >= 4 is 40.9 Å². The summed E-state index contributed by atoms with van der Waals surface area (Å²) in [5.41, 5.74) is -0.309. The van der Waals surface area contributed by atoms with Gasteiger partial charge in [-0.3, -0.25) is 0 Å². The van der Waals surface area contributed by atoms with Crippen molar-refractivity contribution in [2.45, 2.75) is 26.8 Å². The molecule has 0 saturated heterocycles. The minimum Gasteiger partial charge on any atom is -0.480 e. The number of carboxylic acids is 1. The topological polar surface area (TPSA) is 78.4 Å². The lowest BCUT2D eigenvalue weighted by Gasteiger charge is -2.27. The van der Waals surface area contributed by atoms with E-state index in [4.69, 9.17) is 28.3 Å². The highest BCUT2D eigenvalue weighted by Gasteiger charge is 2.32. The molecule has 0 spiro atoms. The maximum Gasteiger partial charge on any atom is 0.326 e. The van der Waals surface area contributed by atoms with Gasteiger partial charge in [-0.25, -0.2) is 9.59 Å². The molecule has 0 aliphatic rings. The van der Waals surface area contributed by atoms with E-state index >= 15 is 0 Å². The van der Waals surface area contributed by atoms with Gasteiger partial charge in [0.2, 0.25) is 0 Å². The van der Waals surface area contributed by atoms with Crippen LogP contribution in [0, 0.1) is 5.41 Å². The van der Waals surface area contributed by atoms with E-state index in [1.807, 2.05) is 0 Å². The number of anilines is 1. The Balaban J connectivity index is 2.82. The van der Waals surface area contributed by atoms with E-state index in [0.717, 1.165) is 0 Å². The van der Waals surface area contributed by atoms with Crippen LogP contribution in [0.3, 0.4) is 0 Å². The lowest BCUT2D eigenvalue weighted by molar-refractivity contribution is -0.141. The molecule has 1 aromatic rings. The summed E-state index contributed by atoms with van der Waals surface area (Å²) in [5.74, 6) is -1.11. The van der Waals surface area contributed by atoms with Gasteiger partial charge in [0.15, 0.2) is 0 Å². The van der Waals surface area contributed by atoms with E-state index in [1.54, 1.807) is 39.0 Å². The number of hydrogen-bond donors (Lipinski definition) is 3. The van der Waals surface area contributed by atoms with E-state index in [2.05, 4.69) is 10.6 Å². The zero-order chi connectivity index (χ0) is 15.5. The van der Waals surface area contributed by atoms with Crippen LogP contribution >= 0.6 is 23.2 Å². The van der Waals surface area contributed by atoms with Gasteiger partial charge in [-0.1, -0.05) is 50.0 Å². The van der Waals surface area contributed by atoms with Crippen LogP contribution in [-0.2, 0) is 4.79 Å². The molecule has 0 aliphatic heterocycles. The van der Waals surface area contributed by atoms with E-state index in [-0.39, 0.29) is 5.02 Å². The van der Waals surface area contributed by atoms with Crippen molar-refractivity contribution < 1.29 is 14.7 Å². The first kappa shape index (κ1) is 16.6. The van der Waals surface area contributed by atoms with Crippen molar-refractivity contribution in [3.8, 4) is 0 Å². The van der Waals surface area contributed by atoms with Crippen molar-refractivity contribution in [3.05, 3.63) is 28.2 Å². The van der Waals surface area contributed by atoms with Gasteiger partial charge in [-0.05, 0) is 17.5 Å². The first-order chi connectivity index (χ1) is 9.12. The standard InChI is InChI=1S/C13H16Cl2N2O3/c1-13(2,3)10(11(18)19)17-12(20)16-8-6-4-5-7(14)9(8)15/h4-6,10H,1-3H3,(H,18,19)(H2,16,17,20)/t10-/m1/s1. The van der Waals surface area contributed by atoms with Gasteiger partial charge in [0, 0.05) is 0 Å². The first-order valence-electron chi connectivity index (χ1n) is 5.87. The number of aliphatic carboxylic acids is 1. The number of amides is 2. The molecule has 20 heavy (non-hydrogen) atoms. The smallest absolute Gasteiger partial charge is 0.326 e. The summed E-state index contributed by atoms with van der Waals surface area (Å²) in [6.07, 6.45) is 0. The molecular weight excluding hydrogens is 303 g/mol. The lowest BCUT2D eigenvalue weighted by Crippen LogP contribution is -2.50. The van der Waals surface area contributed by atoms with Gasteiger partial charge in [0.25, 0.3) is 0 Å². The second kappa shape index (κ2) is 6.33. The van der Waals surface area contributed by atoms with E-state index < -0.39 is 23.5 Å². The van der Waals surface area contributed by atoms with Crippen LogP contribution in [0.1, 0.15) is 20.8 Å². The maximum atomic E-state index is 11.9. The summed E-state index contributed by atoms with van der Waals surface area (Å²) in [6, 6.07) is 3.10. The number of carbonyl (C=O) groups is 2. The largest absolute Gasteiger partial charge is 0.480 e. The number of carboxylic acid groups (broad SMARTS) is 1. The molecule has 3 N–H and O–H groups in total. The highest BCUT2D eigenvalue weighted by molar-refractivity contribution is 6.43. The Bertz CT molecular complexity index is 527. The molecule has 0 bridgehead atoms. The zero-order valence-corrected chi connectivity index (χ0v) is 12.8. The van der Waals surface area contributed by atoms with Crippen LogP contribution in [0.15, 0.2) is 18.2 Å². The predicted molar refractivity (Wildman–Crippen MR) is 79.5 cm³/mol. The Hall–Kier alpha value is -1.46. The number of benzene rings is 1. The summed E-state index contributed by atoms with van der Waals surface area (Å²) in [6.45, 7) is 5.16. The monoisotopic (exact) mass is 318 g/mol. The Kier molecular flexibility index (Phi) is 5.25. The third kappa shape index (κ3) is 4.28. The summed E-state index contributed by atoms with van der Waals surface area (Å²) in [5, 5.41) is 14.5. The van der Waals surface area contributed by atoms with E-state index in [9.17, 15) is 9.59 Å². The molecule has 7 heteroatoms. The number of rotatable bonds is 3. The van der Waals surface area contributed by atoms with Crippen LogP contribution in [0.2, 0.25) is 10.0 Å². The number of urea groups is 1. The maximum absolute atomic E-state index is 11.9. The molecule has 0 saturated carbocycles. The molecule has 0 radical (unpaired) electrons. The third-order valence-corrected chi connectivity index (χ3v) is 3.41. The average molecular weight is 319 g/mol. The average Bonchev–Trinajstić information content (AvgIpc) is 2.30. The fraction of sp³-hybridized carbons (Fsp3) is 0.385. The first-order valence-corrected chi connectivity index (χ1v) is 6.63. The van der Waals surface area contributed by atoms with Crippen molar-refractivity contribution in [2.24, 2.45) is 5.41 Å². The molecule has 110 valence electrons. The van der Waals surface area contributed by atoms with E-state index in [1.165, 1.54) is 0 Å². The van der Waals surface area contributed by atoms with Crippen molar-refractivity contribution in [3.63, 3.8) is 0 Å². The van der Waals surface area contributed by atoms with Crippen LogP contribution in [0.5, 0.6) is 0 Å².